The first-order valence-corrected chi connectivity index (χ1v) is 9.07. The molecule has 0 radical (unpaired) electrons. The van der Waals surface area contributed by atoms with Crippen LogP contribution in [0.4, 0.5) is 0 Å². The summed E-state index contributed by atoms with van der Waals surface area (Å²) in [6.45, 7) is 3.93. The Morgan fingerprint density at radius 3 is 2.38 bits per heavy atom. The van der Waals surface area contributed by atoms with Crippen LogP contribution in [0.2, 0.25) is 0 Å². The van der Waals surface area contributed by atoms with E-state index in [-0.39, 0.29) is 18.3 Å². The first-order chi connectivity index (χ1) is 12.2. The number of hydrogen-bond acceptors (Lipinski definition) is 3. The molecule has 0 aliphatic carbocycles. The zero-order valence-corrected chi connectivity index (χ0v) is 15.6. The number of nitrogens with one attached hydrogen (secondary N) is 1. The highest BCUT2D eigenvalue weighted by molar-refractivity contribution is 5.94. The van der Waals surface area contributed by atoms with Crippen LogP contribution < -0.4 is 10.1 Å². The molecular weight excluding hydrogens is 348 g/mol. The first kappa shape index (κ1) is 18.7. The molecule has 0 atom stereocenters. The van der Waals surface area contributed by atoms with Gasteiger partial charge in [0, 0.05) is 25.2 Å². The van der Waals surface area contributed by atoms with E-state index >= 15 is 0 Å². The van der Waals surface area contributed by atoms with Gasteiger partial charge in [0.25, 0.3) is 5.91 Å². The maximum absolute atomic E-state index is 12.9. The highest BCUT2D eigenvalue weighted by Crippen LogP contribution is 2.37. The van der Waals surface area contributed by atoms with Crippen molar-refractivity contribution in [1.82, 2.24) is 10.2 Å². The van der Waals surface area contributed by atoms with Gasteiger partial charge in [0.1, 0.15) is 11.5 Å². The van der Waals surface area contributed by atoms with Crippen LogP contribution in [-0.2, 0) is 0 Å². The van der Waals surface area contributed by atoms with Crippen molar-refractivity contribution in [2.24, 2.45) is 5.41 Å². The SMILES string of the molecule is Cl.O=C(c1cccc(Oc2ccccc2)c1)N1CCC2(CCNC2)CC1. The lowest BCUT2D eigenvalue weighted by molar-refractivity contribution is 0.0607. The number of para-hydroxylation sites is 1. The second-order valence-corrected chi connectivity index (χ2v) is 7.16. The molecule has 0 saturated carbocycles. The summed E-state index contributed by atoms with van der Waals surface area (Å²) in [5.74, 6) is 1.59. The smallest absolute Gasteiger partial charge is 0.253 e. The summed E-state index contributed by atoms with van der Waals surface area (Å²) in [7, 11) is 0. The van der Waals surface area contributed by atoms with E-state index in [0.29, 0.717) is 16.7 Å². The lowest BCUT2D eigenvalue weighted by atomic mass is 9.78. The minimum atomic E-state index is 0. The number of hydrogen-bond donors (Lipinski definition) is 1. The molecule has 1 amide bonds. The maximum Gasteiger partial charge on any atom is 0.253 e. The van der Waals surface area contributed by atoms with Gasteiger partial charge < -0.3 is 15.0 Å². The van der Waals surface area contributed by atoms with Gasteiger partial charge in [-0.1, -0.05) is 24.3 Å². The predicted octanol–water partition coefficient (Wildman–Crippen LogP) is 4.12. The Hall–Kier alpha value is -2.04. The van der Waals surface area contributed by atoms with Crippen molar-refractivity contribution >= 4 is 18.3 Å². The lowest BCUT2D eigenvalue weighted by Gasteiger charge is -2.38. The van der Waals surface area contributed by atoms with Crippen molar-refractivity contribution in [2.75, 3.05) is 26.2 Å². The Labute approximate surface area is 160 Å². The van der Waals surface area contributed by atoms with Crippen molar-refractivity contribution < 1.29 is 9.53 Å². The van der Waals surface area contributed by atoms with Gasteiger partial charge in [0.15, 0.2) is 0 Å². The standard InChI is InChI=1S/C21H24N2O2.ClH/c24-20(23-13-10-21(11-14-23)9-12-22-16-21)17-5-4-8-19(15-17)25-18-6-2-1-3-7-18;/h1-8,15,22H,9-14,16H2;1H. The zero-order chi connectivity index (χ0) is 17.1. The third kappa shape index (κ3) is 4.02. The number of ether oxygens (including phenoxy) is 1. The summed E-state index contributed by atoms with van der Waals surface area (Å²) < 4.78 is 5.85. The van der Waals surface area contributed by atoms with E-state index in [1.807, 2.05) is 59.5 Å². The predicted molar refractivity (Wildman–Crippen MR) is 105 cm³/mol. The fourth-order valence-electron chi connectivity index (χ4n) is 3.91. The number of carbonyl (C=O) groups excluding carboxylic acids is 1. The Morgan fingerprint density at radius 1 is 0.962 bits per heavy atom. The third-order valence-corrected chi connectivity index (χ3v) is 5.50. The maximum atomic E-state index is 12.9. The van der Waals surface area contributed by atoms with Gasteiger partial charge in [0.2, 0.25) is 0 Å². The van der Waals surface area contributed by atoms with Crippen molar-refractivity contribution in [3.8, 4) is 11.5 Å². The Bertz CT molecular complexity index is 735. The largest absolute Gasteiger partial charge is 0.457 e. The Kier molecular flexibility index (Phi) is 5.84. The van der Waals surface area contributed by atoms with Crippen molar-refractivity contribution in [2.45, 2.75) is 19.3 Å². The van der Waals surface area contributed by atoms with Crippen molar-refractivity contribution in [3.05, 3.63) is 60.2 Å². The summed E-state index contributed by atoms with van der Waals surface area (Å²) >= 11 is 0. The summed E-state index contributed by atoms with van der Waals surface area (Å²) in [6, 6.07) is 17.1. The van der Waals surface area contributed by atoms with Crippen molar-refractivity contribution in [1.29, 1.82) is 0 Å². The molecule has 26 heavy (non-hydrogen) atoms. The average molecular weight is 373 g/mol. The van der Waals surface area contributed by atoms with Crippen LogP contribution in [0.5, 0.6) is 11.5 Å². The molecule has 4 nitrogen and oxygen atoms in total. The van der Waals surface area contributed by atoms with Gasteiger partial charge in [-0.3, -0.25) is 4.79 Å². The fourth-order valence-corrected chi connectivity index (χ4v) is 3.91. The van der Waals surface area contributed by atoms with Crippen LogP contribution in [0.25, 0.3) is 0 Å². The molecule has 2 fully saturated rings. The molecule has 2 aromatic carbocycles. The van der Waals surface area contributed by atoms with Crippen LogP contribution in [0.3, 0.4) is 0 Å². The molecule has 2 aliphatic rings. The molecule has 0 bridgehead atoms. The molecule has 2 aliphatic heterocycles. The number of piperidine rings is 1. The molecule has 0 aromatic heterocycles. The summed E-state index contributed by atoms with van der Waals surface area (Å²) in [6.07, 6.45) is 3.45. The van der Waals surface area contributed by atoms with Gasteiger partial charge in [0.05, 0.1) is 0 Å². The van der Waals surface area contributed by atoms with E-state index in [1.54, 1.807) is 0 Å². The number of carbonyl (C=O) groups is 1. The van der Waals surface area contributed by atoms with E-state index < -0.39 is 0 Å². The molecule has 1 N–H and O–H groups in total. The molecule has 0 unspecified atom stereocenters. The minimum absolute atomic E-state index is 0. The monoisotopic (exact) mass is 372 g/mol. The number of rotatable bonds is 3. The first-order valence-electron chi connectivity index (χ1n) is 9.07. The van der Waals surface area contributed by atoms with Crippen LogP contribution in [0.1, 0.15) is 29.6 Å². The molecule has 5 heteroatoms. The topological polar surface area (TPSA) is 41.6 Å². The van der Waals surface area contributed by atoms with Crippen LogP contribution >= 0.6 is 12.4 Å². The summed E-state index contributed by atoms with van der Waals surface area (Å²) in [5.41, 5.74) is 1.13. The van der Waals surface area contributed by atoms with Gasteiger partial charge in [-0.2, -0.15) is 0 Å². The van der Waals surface area contributed by atoms with Crippen LogP contribution in [0, 0.1) is 5.41 Å². The summed E-state index contributed by atoms with van der Waals surface area (Å²) in [5, 5.41) is 3.47. The fraction of sp³-hybridized carbons (Fsp3) is 0.381. The van der Waals surface area contributed by atoms with Crippen molar-refractivity contribution in [3.63, 3.8) is 0 Å². The quantitative estimate of drug-likeness (QED) is 0.881. The van der Waals surface area contributed by atoms with Crippen LogP contribution in [0.15, 0.2) is 54.6 Å². The van der Waals surface area contributed by atoms with Crippen LogP contribution in [-0.4, -0.2) is 37.0 Å². The molecule has 4 rings (SSSR count). The Balaban J connectivity index is 0.00000196. The molecule has 2 aromatic rings. The molecular formula is C21H25ClN2O2. The van der Waals surface area contributed by atoms with E-state index in [9.17, 15) is 4.79 Å². The number of likely N-dealkylation sites (tertiary alicyclic amines) is 1. The highest BCUT2D eigenvalue weighted by Gasteiger charge is 2.38. The van der Waals surface area contributed by atoms with E-state index in [4.69, 9.17) is 4.74 Å². The third-order valence-electron chi connectivity index (χ3n) is 5.50. The summed E-state index contributed by atoms with van der Waals surface area (Å²) in [4.78, 5) is 14.9. The van der Waals surface area contributed by atoms with E-state index in [2.05, 4.69) is 5.32 Å². The number of benzene rings is 2. The lowest BCUT2D eigenvalue weighted by Crippen LogP contribution is -2.44. The zero-order valence-electron chi connectivity index (χ0n) is 14.8. The number of halogens is 1. The minimum Gasteiger partial charge on any atom is -0.457 e. The molecule has 1 spiro atoms. The van der Waals surface area contributed by atoms with E-state index in [1.165, 1.54) is 6.42 Å². The normalized spacial score (nSPS) is 18.4. The van der Waals surface area contributed by atoms with Gasteiger partial charge in [-0.25, -0.2) is 0 Å². The second kappa shape index (κ2) is 8.11. The van der Waals surface area contributed by atoms with Gasteiger partial charge in [-0.05, 0) is 61.6 Å². The number of nitrogens with zero attached hydrogens (tertiary/aromatic N) is 1. The van der Waals surface area contributed by atoms with Gasteiger partial charge in [-0.15, -0.1) is 12.4 Å². The van der Waals surface area contributed by atoms with Gasteiger partial charge >= 0.3 is 0 Å². The molecule has 2 heterocycles. The molecule has 138 valence electrons. The highest BCUT2D eigenvalue weighted by atomic mass is 35.5. The Morgan fingerprint density at radius 2 is 1.69 bits per heavy atom. The average Bonchev–Trinajstić information content (AvgIpc) is 3.11. The van der Waals surface area contributed by atoms with E-state index in [0.717, 1.165) is 44.8 Å². The molecule has 2 saturated heterocycles. The number of amides is 1. The second-order valence-electron chi connectivity index (χ2n) is 7.16.